The van der Waals surface area contributed by atoms with Gasteiger partial charge in [0.2, 0.25) is 0 Å². The summed E-state index contributed by atoms with van der Waals surface area (Å²) in [5.74, 6) is 1.26. The zero-order valence-corrected chi connectivity index (χ0v) is 22.9. The molecule has 4 aromatic rings. The first-order chi connectivity index (χ1) is 19.0. The quantitative estimate of drug-likeness (QED) is 0.228. The molecule has 1 fully saturated rings. The predicted octanol–water partition coefficient (Wildman–Crippen LogP) is 7.28. The smallest absolute Gasteiger partial charge is 0.341 e. The molecule has 1 aliphatic heterocycles. The molecule has 0 aromatic heterocycles. The van der Waals surface area contributed by atoms with E-state index in [1.807, 2.05) is 48.5 Å². The molecular weight excluding hydrogens is 484 g/mol. The summed E-state index contributed by atoms with van der Waals surface area (Å²) < 4.78 is 11.2. The lowest BCUT2D eigenvalue weighted by Crippen LogP contribution is -2.54. The van der Waals surface area contributed by atoms with Gasteiger partial charge in [0, 0.05) is 44.0 Å². The van der Waals surface area contributed by atoms with Crippen LogP contribution in [0.15, 0.2) is 103 Å². The number of para-hydroxylation sites is 1. The monoisotopic (exact) mass is 520 g/mol. The Morgan fingerprint density at radius 2 is 1.56 bits per heavy atom. The highest BCUT2D eigenvalue weighted by molar-refractivity contribution is 5.93. The lowest BCUT2D eigenvalue weighted by atomic mass is 9.95. The van der Waals surface area contributed by atoms with E-state index in [0.717, 1.165) is 31.9 Å². The topological polar surface area (TPSA) is 42.0 Å². The van der Waals surface area contributed by atoms with Gasteiger partial charge in [0.1, 0.15) is 17.1 Å². The van der Waals surface area contributed by atoms with Crippen LogP contribution in [0.5, 0.6) is 11.5 Å². The Kier molecular flexibility index (Phi) is 8.28. The Morgan fingerprint density at radius 1 is 0.872 bits per heavy atom. The number of esters is 1. The molecule has 39 heavy (non-hydrogen) atoms. The van der Waals surface area contributed by atoms with E-state index in [2.05, 4.69) is 78.2 Å². The summed E-state index contributed by atoms with van der Waals surface area (Å²) >= 11 is 0. The van der Waals surface area contributed by atoms with Crippen molar-refractivity contribution in [3.63, 3.8) is 0 Å². The number of nitrogens with zero attached hydrogens (tertiary/aromatic N) is 2. The maximum absolute atomic E-state index is 12.5. The first kappa shape index (κ1) is 26.5. The van der Waals surface area contributed by atoms with Crippen molar-refractivity contribution in [1.82, 2.24) is 4.90 Å². The van der Waals surface area contributed by atoms with E-state index in [1.165, 1.54) is 23.8 Å². The van der Waals surface area contributed by atoms with Crippen LogP contribution in [0.2, 0.25) is 0 Å². The Morgan fingerprint density at radius 3 is 2.28 bits per heavy atom. The van der Waals surface area contributed by atoms with E-state index < -0.39 is 5.97 Å². The van der Waals surface area contributed by atoms with Crippen LogP contribution in [0.3, 0.4) is 0 Å². The molecule has 1 heterocycles. The normalized spacial score (nSPS) is 15.8. The summed E-state index contributed by atoms with van der Waals surface area (Å²) in [5, 5.41) is 0. The lowest BCUT2D eigenvalue weighted by molar-refractivity contribution is 0.0598. The fraction of sp³-hybridized carbons (Fsp3) is 0.265. The maximum atomic E-state index is 12.5. The number of piperazine rings is 1. The Labute approximate surface area is 231 Å². The highest BCUT2D eigenvalue weighted by atomic mass is 16.5. The summed E-state index contributed by atoms with van der Waals surface area (Å²) in [5.41, 5.74) is 5.36. The molecule has 1 unspecified atom stereocenters. The van der Waals surface area contributed by atoms with Gasteiger partial charge in [0.15, 0.2) is 0 Å². The Hall–Kier alpha value is -4.09. The molecule has 200 valence electrons. The number of methoxy groups -OCH3 is 1. The van der Waals surface area contributed by atoms with Gasteiger partial charge in [0.25, 0.3) is 0 Å². The number of carbonyl (C=O) groups is 1. The molecule has 1 atom stereocenters. The van der Waals surface area contributed by atoms with Gasteiger partial charge in [-0.05, 0) is 46.9 Å². The van der Waals surface area contributed by atoms with Crippen LogP contribution in [0.25, 0.3) is 11.1 Å². The highest BCUT2D eigenvalue weighted by Gasteiger charge is 2.30. The average Bonchev–Trinajstić information content (AvgIpc) is 2.98. The van der Waals surface area contributed by atoms with Crippen molar-refractivity contribution in [3.8, 4) is 22.6 Å². The van der Waals surface area contributed by atoms with Gasteiger partial charge in [-0.25, -0.2) is 4.79 Å². The second-order valence-electron chi connectivity index (χ2n) is 10.3. The van der Waals surface area contributed by atoms with E-state index in [0.29, 0.717) is 29.0 Å². The van der Waals surface area contributed by atoms with E-state index >= 15 is 0 Å². The van der Waals surface area contributed by atoms with Crippen molar-refractivity contribution in [3.05, 3.63) is 114 Å². The van der Waals surface area contributed by atoms with Gasteiger partial charge in [-0.3, -0.25) is 4.90 Å². The second-order valence-corrected chi connectivity index (χ2v) is 10.3. The van der Waals surface area contributed by atoms with Crippen molar-refractivity contribution < 1.29 is 14.3 Å². The van der Waals surface area contributed by atoms with Crippen LogP contribution >= 0.6 is 0 Å². The molecule has 0 N–H and O–H groups in total. The Balaban J connectivity index is 1.38. The standard InChI is InChI=1S/C34H36N2O3/c1-25(2)32-24-35(20-21-36(32)23-27-14-10-11-17-30(27)26-12-6-4-7-13-26)28-18-19-31(34(37)38-3)33(22-28)39-29-15-8-5-9-16-29/h4-19,22,25,32H,20-21,23-24H2,1-3H3. The number of ether oxygens (including phenoxy) is 2. The summed E-state index contributed by atoms with van der Waals surface area (Å²) in [6.45, 7) is 8.24. The zero-order chi connectivity index (χ0) is 27.2. The van der Waals surface area contributed by atoms with Crippen LogP contribution in [0.1, 0.15) is 29.8 Å². The minimum Gasteiger partial charge on any atom is -0.465 e. The molecule has 5 heteroatoms. The summed E-state index contributed by atoms with van der Waals surface area (Å²) in [7, 11) is 1.39. The van der Waals surface area contributed by atoms with E-state index in [-0.39, 0.29) is 0 Å². The van der Waals surface area contributed by atoms with Crippen LogP contribution < -0.4 is 9.64 Å². The largest absolute Gasteiger partial charge is 0.465 e. The third-order valence-electron chi connectivity index (χ3n) is 7.49. The lowest BCUT2D eigenvalue weighted by Gasteiger charge is -2.44. The van der Waals surface area contributed by atoms with Gasteiger partial charge in [-0.1, -0.05) is 86.6 Å². The Bertz CT molecular complexity index is 1390. The average molecular weight is 521 g/mol. The van der Waals surface area contributed by atoms with Crippen LogP contribution in [-0.2, 0) is 11.3 Å². The molecule has 0 aliphatic carbocycles. The highest BCUT2D eigenvalue weighted by Crippen LogP contribution is 2.33. The summed E-state index contributed by atoms with van der Waals surface area (Å²) in [4.78, 5) is 17.5. The molecule has 5 rings (SSSR count). The maximum Gasteiger partial charge on any atom is 0.341 e. The summed E-state index contributed by atoms with van der Waals surface area (Å²) in [6.07, 6.45) is 0. The first-order valence-electron chi connectivity index (χ1n) is 13.6. The molecular formula is C34H36N2O3. The number of carbonyl (C=O) groups excluding carboxylic acids is 1. The number of rotatable bonds is 8. The SMILES string of the molecule is COC(=O)c1ccc(N2CCN(Cc3ccccc3-c3ccccc3)C(C(C)C)C2)cc1Oc1ccccc1. The van der Waals surface area contributed by atoms with Crippen LogP contribution in [0.4, 0.5) is 5.69 Å². The van der Waals surface area contributed by atoms with E-state index in [9.17, 15) is 4.79 Å². The minimum absolute atomic E-state index is 0.376. The van der Waals surface area contributed by atoms with Crippen LogP contribution in [-0.4, -0.2) is 43.7 Å². The minimum atomic E-state index is -0.408. The van der Waals surface area contributed by atoms with Gasteiger partial charge in [0.05, 0.1) is 7.11 Å². The third-order valence-corrected chi connectivity index (χ3v) is 7.49. The molecule has 4 aromatic carbocycles. The van der Waals surface area contributed by atoms with Gasteiger partial charge in [-0.2, -0.15) is 0 Å². The fourth-order valence-electron chi connectivity index (χ4n) is 5.37. The van der Waals surface area contributed by atoms with E-state index in [1.54, 1.807) is 0 Å². The zero-order valence-electron chi connectivity index (χ0n) is 22.9. The van der Waals surface area contributed by atoms with Gasteiger partial charge >= 0.3 is 5.97 Å². The molecule has 0 radical (unpaired) electrons. The fourth-order valence-corrected chi connectivity index (χ4v) is 5.37. The second kappa shape index (κ2) is 12.2. The van der Waals surface area contributed by atoms with E-state index in [4.69, 9.17) is 9.47 Å². The third kappa shape index (κ3) is 6.15. The number of anilines is 1. The number of benzene rings is 4. The van der Waals surface area contributed by atoms with Crippen molar-refractivity contribution in [2.24, 2.45) is 5.92 Å². The number of hydrogen-bond donors (Lipinski definition) is 0. The van der Waals surface area contributed by atoms with Gasteiger partial charge < -0.3 is 14.4 Å². The summed E-state index contributed by atoms with van der Waals surface area (Å²) in [6, 6.07) is 35.1. The number of hydrogen-bond acceptors (Lipinski definition) is 5. The first-order valence-corrected chi connectivity index (χ1v) is 13.6. The van der Waals surface area contributed by atoms with Crippen molar-refractivity contribution in [2.45, 2.75) is 26.4 Å². The molecule has 0 amide bonds. The molecule has 5 nitrogen and oxygen atoms in total. The van der Waals surface area contributed by atoms with Crippen molar-refractivity contribution in [2.75, 3.05) is 31.6 Å². The molecule has 0 spiro atoms. The van der Waals surface area contributed by atoms with Crippen molar-refractivity contribution >= 4 is 11.7 Å². The molecule has 1 saturated heterocycles. The van der Waals surface area contributed by atoms with Crippen LogP contribution in [0, 0.1) is 5.92 Å². The molecule has 0 saturated carbocycles. The predicted molar refractivity (Wildman–Crippen MR) is 157 cm³/mol. The molecule has 0 bridgehead atoms. The molecule has 1 aliphatic rings. The van der Waals surface area contributed by atoms with Gasteiger partial charge in [-0.15, -0.1) is 0 Å². The van der Waals surface area contributed by atoms with Crippen molar-refractivity contribution in [1.29, 1.82) is 0 Å².